The van der Waals surface area contributed by atoms with Gasteiger partial charge in [-0.05, 0) is 30.5 Å². The molecule has 130 valence electrons. The average molecular weight is 349 g/mol. The number of phenols is 1. The van der Waals surface area contributed by atoms with E-state index in [1.54, 1.807) is 19.1 Å². The standard InChI is InChI=1S/C19H15N3O4/c1-12(16-11-8-13-4-2-3-5-17(13)18(16)23)20-21-19(24)14-6-9-15(10-7-14)22(25)26/h2-11,23H,1H3,(H,21,24). The van der Waals surface area contributed by atoms with E-state index in [9.17, 15) is 20.0 Å². The SMILES string of the molecule is CC(=NNC(=O)c1ccc([N+](=O)[O-])cc1)c1ccc2ccccc2c1O. The Morgan fingerprint density at radius 3 is 2.46 bits per heavy atom. The van der Waals surface area contributed by atoms with Gasteiger partial charge in [0, 0.05) is 28.6 Å². The molecule has 3 aromatic rings. The highest BCUT2D eigenvalue weighted by atomic mass is 16.6. The van der Waals surface area contributed by atoms with Crippen LogP contribution >= 0.6 is 0 Å². The van der Waals surface area contributed by atoms with Gasteiger partial charge in [0.15, 0.2) is 0 Å². The number of aromatic hydroxyl groups is 1. The second-order valence-electron chi connectivity index (χ2n) is 5.62. The van der Waals surface area contributed by atoms with Crippen molar-refractivity contribution in [2.45, 2.75) is 6.92 Å². The van der Waals surface area contributed by atoms with Gasteiger partial charge in [0.2, 0.25) is 0 Å². The number of hydrogen-bond acceptors (Lipinski definition) is 5. The minimum atomic E-state index is -0.535. The summed E-state index contributed by atoms with van der Waals surface area (Å²) in [7, 11) is 0. The number of carbonyl (C=O) groups excluding carboxylic acids is 1. The summed E-state index contributed by atoms with van der Waals surface area (Å²) >= 11 is 0. The molecule has 0 radical (unpaired) electrons. The molecule has 0 unspecified atom stereocenters. The fourth-order valence-corrected chi connectivity index (χ4v) is 2.54. The number of nitro groups is 1. The molecule has 0 aliphatic heterocycles. The number of non-ortho nitro benzene ring substituents is 1. The summed E-state index contributed by atoms with van der Waals surface area (Å²) in [6.45, 7) is 1.67. The fraction of sp³-hybridized carbons (Fsp3) is 0.0526. The van der Waals surface area contributed by atoms with Crippen LogP contribution < -0.4 is 5.43 Å². The number of nitrogens with one attached hydrogen (secondary N) is 1. The quantitative estimate of drug-likeness (QED) is 0.426. The predicted octanol–water partition coefficient (Wildman–Crippen LogP) is 3.61. The van der Waals surface area contributed by atoms with Crippen LogP contribution in [-0.4, -0.2) is 21.6 Å². The van der Waals surface area contributed by atoms with E-state index < -0.39 is 10.8 Å². The topological polar surface area (TPSA) is 105 Å². The maximum Gasteiger partial charge on any atom is 0.271 e. The zero-order valence-corrected chi connectivity index (χ0v) is 13.8. The van der Waals surface area contributed by atoms with Crippen molar-refractivity contribution in [3.8, 4) is 5.75 Å². The van der Waals surface area contributed by atoms with E-state index in [4.69, 9.17) is 0 Å². The lowest BCUT2D eigenvalue weighted by atomic mass is 10.0. The Kier molecular flexibility index (Phi) is 4.62. The fourth-order valence-electron chi connectivity index (χ4n) is 2.54. The first kappa shape index (κ1) is 17.1. The summed E-state index contributed by atoms with van der Waals surface area (Å²) in [4.78, 5) is 22.2. The lowest BCUT2D eigenvalue weighted by Gasteiger charge is -2.08. The van der Waals surface area contributed by atoms with Crippen LogP contribution in [0, 0.1) is 10.1 Å². The molecule has 0 heterocycles. The summed E-state index contributed by atoms with van der Waals surface area (Å²) in [5, 5.41) is 26.7. The van der Waals surface area contributed by atoms with Crippen LogP contribution in [0.15, 0.2) is 65.8 Å². The van der Waals surface area contributed by atoms with Gasteiger partial charge in [0.1, 0.15) is 5.75 Å². The lowest BCUT2D eigenvalue weighted by Crippen LogP contribution is -2.19. The van der Waals surface area contributed by atoms with Gasteiger partial charge in [0.05, 0.1) is 10.6 Å². The number of rotatable bonds is 4. The summed E-state index contributed by atoms with van der Waals surface area (Å²) in [6.07, 6.45) is 0. The largest absolute Gasteiger partial charge is 0.507 e. The molecule has 2 N–H and O–H groups in total. The van der Waals surface area contributed by atoms with Gasteiger partial charge >= 0.3 is 0 Å². The smallest absolute Gasteiger partial charge is 0.271 e. The van der Waals surface area contributed by atoms with Crippen molar-refractivity contribution in [3.63, 3.8) is 0 Å². The summed E-state index contributed by atoms with van der Waals surface area (Å²) < 4.78 is 0. The Morgan fingerprint density at radius 2 is 1.77 bits per heavy atom. The van der Waals surface area contributed by atoms with Crippen molar-refractivity contribution < 1.29 is 14.8 Å². The van der Waals surface area contributed by atoms with Gasteiger partial charge in [-0.15, -0.1) is 0 Å². The van der Waals surface area contributed by atoms with Crippen molar-refractivity contribution in [2.75, 3.05) is 0 Å². The zero-order valence-electron chi connectivity index (χ0n) is 13.8. The minimum absolute atomic E-state index is 0.0916. The highest BCUT2D eigenvalue weighted by molar-refractivity contribution is 6.07. The molecular weight excluding hydrogens is 334 g/mol. The first-order chi connectivity index (χ1) is 12.5. The Hall–Kier alpha value is -3.74. The molecule has 7 heteroatoms. The Labute approximate surface area is 148 Å². The molecule has 0 saturated heterocycles. The molecule has 0 bridgehead atoms. The third kappa shape index (κ3) is 3.36. The molecular formula is C19H15N3O4. The number of benzene rings is 3. The molecule has 0 fully saturated rings. The number of amides is 1. The number of nitrogens with zero attached hydrogens (tertiary/aromatic N) is 2. The van der Waals surface area contributed by atoms with Crippen molar-refractivity contribution in [1.29, 1.82) is 0 Å². The molecule has 26 heavy (non-hydrogen) atoms. The van der Waals surface area contributed by atoms with Gasteiger partial charge in [0.25, 0.3) is 11.6 Å². The van der Waals surface area contributed by atoms with Crippen molar-refractivity contribution in [2.24, 2.45) is 5.10 Å². The number of carbonyl (C=O) groups is 1. The lowest BCUT2D eigenvalue weighted by molar-refractivity contribution is -0.384. The molecule has 7 nitrogen and oxygen atoms in total. The Morgan fingerprint density at radius 1 is 1.08 bits per heavy atom. The third-order valence-electron chi connectivity index (χ3n) is 3.96. The van der Waals surface area contributed by atoms with Crippen molar-refractivity contribution in [3.05, 3.63) is 81.9 Å². The first-order valence-corrected chi connectivity index (χ1v) is 7.77. The second kappa shape index (κ2) is 7.02. The van der Waals surface area contributed by atoms with Crippen molar-refractivity contribution >= 4 is 28.1 Å². The van der Waals surface area contributed by atoms with Crippen LogP contribution in [0.4, 0.5) is 5.69 Å². The van der Waals surface area contributed by atoms with Crippen LogP contribution in [0.2, 0.25) is 0 Å². The maximum atomic E-state index is 12.1. The number of phenolic OH excluding ortho intramolecular Hbond substituents is 1. The van der Waals surface area contributed by atoms with E-state index in [1.165, 1.54) is 24.3 Å². The molecule has 3 aromatic carbocycles. The summed E-state index contributed by atoms with van der Waals surface area (Å²) in [6, 6.07) is 16.2. The highest BCUT2D eigenvalue weighted by Gasteiger charge is 2.11. The summed E-state index contributed by atoms with van der Waals surface area (Å²) in [5.74, 6) is -0.409. The average Bonchev–Trinajstić information content (AvgIpc) is 2.66. The number of nitro benzene ring substituents is 1. The molecule has 0 aliphatic rings. The summed E-state index contributed by atoms with van der Waals surface area (Å²) in [5.41, 5.74) is 3.48. The van der Waals surface area contributed by atoms with Crippen LogP contribution in [0.3, 0.4) is 0 Å². The van der Waals surface area contributed by atoms with Crippen LogP contribution in [0.5, 0.6) is 5.75 Å². The van der Waals surface area contributed by atoms with E-state index in [1.807, 2.05) is 24.3 Å². The zero-order chi connectivity index (χ0) is 18.7. The number of hydrogen-bond donors (Lipinski definition) is 2. The van der Waals surface area contributed by atoms with E-state index >= 15 is 0 Å². The minimum Gasteiger partial charge on any atom is -0.507 e. The Balaban J connectivity index is 1.81. The van der Waals surface area contributed by atoms with Gasteiger partial charge < -0.3 is 5.11 Å². The number of fused-ring (bicyclic) bond motifs is 1. The van der Waals surface area contributed by atoms with E-state index in [2.05, 4.69) is 10.5 Å². The van der Waals surface area contributed by atoms with Gasteiger partial charge in [-0.25, -0.2) is 5.43 Å². The highest BCUT2D eigenvalue weighted by Crippen LogP contribution is 2.28. The van der Waals surface area contributed by atoms with Crippen molar-refractivity contribution in [1.82, 2.24) is 5.43 Å². The van der Waals surface area contributed by atoms with Gasteiger partial charge in [-0.2, -0.15) is 5.10 Å². The second-order valence-corrected chi connectivity index (χ2v) is 5.62. The van der Waals surface area contributed by atoms with Crippen LogP contribution in [0.1, 0.15) is 22.8 Å². The normalized spacial score (nSPS) is 11.3. The third-order valence-corrected chi connectivity index (χ3v) is 3.96. The van der Waals surface area contributed by atoms with Gasteiger partial charge in [-0.3, -0.25) is 14.9 Å². The van der Waals surface area contributed by atoms with E-state index in [0.717, 1.165) is 5.39 Å². The first-order valence-electron chi connectivity index (χ1n) is 7.77. The van der Waals surface area contributed by atoms with Gasteiger partial charge in [-0.1, -0.05) is 30.3 Å². The monoisotopic (exact) mass is 349 g/mol. The maximum absolute atomic E-state index is 12.1. The van der Waals surface area contributed by atoms with E-state index in [-0.39, 0.29) is 17.0 Å². The number of hydrazone groups is 1. The molecule has 0 aliphatic carbocycles. The molecule has 3 rings (SSSR count). The molecule has 0 saturated carbocycles. The molecule has 0 aromatic heterocycles. The van der Waals surface area contributed by atoms with Crippen LogP contribution in [-0.2, 0) is 0 Å². The molecule has 0 atom stereocenters. The molecule has 0 spiro atoms. The van der Waals surface area contributed by atoms with Crippen LogP contribution in [0.25, 0.3) is 10.8 Å². The predicted molar refractivity (Wildman–Crippen MR) is 98.4 cm³/mol. The van der Waals surface area contributed by atoms with E-state index in [0.29, 0.717) is 16.7 Å². The molecule has 1 amide bonds. The Bertz CT molecular complexity index is 1030.